The van der Waals surface area contributed by atoms with E-state index in [1.54, 1.807) is 6.07 Å². The zero-order valence-electron chi connectivity index (χ0n) is 17.3. The Morgan fingerprint density at radius 3 is 2.09 bits per heavy atom. The number of rotatable bonds is 3. The molecule has 166 valence electrons. The van der Waals surface area contributed by atoms with E-state index in [0.717, 1.165) is 43.1 Å². The molecule has 33 heavy (non-hydrogen) atoms. The highest BCUT2D eigenvalue weighted by molar-refractivity contribution is 6.34. The van der Waals surface area contributed by atoms with Crippen molar-refractivity contribution < 1.29 is 34.7 Å². The van der Waals surface area contributed by atoms with Crippen LogP contribution in [0.5, 0.6) is 5.75 Å². The van der Waals surface area contributed by atoms with Gasteiger partial charge in [-0.05, 0) is 44.5 Å². The second-order valence-electron chi connectivity index (χ2n) is 8.40. The van der Waals surface area contributed by atoms with Crippen LogP contribution in [0.4, 0.5) is 0 Å². The SMILES string of the molecule is O=C(O)[C@H]1O[C@@H](Oc2ccc3c4ccccc4c4cccc5ccc2c3c54)[C@H](O)[C@@H](O)[C@@H]1O. The van der Waals surface area contributed by atoms with Crippen molar-refractivity contribution in [3.05, 3.63) is 66.7 Å². The van der Waals surface area contributed by atoms with Crippen LogP contribution >= 0.6 is 0 Å². The van der Waals surface area contributed by atoms with E-state index in [4.69, 9.17) is 9.47 Å². The molecule has 1 heterocycles. The van der Waals surface area contributed by atoms with Gasteiger partial charge in [0.1, 0.15) is 24.1 Å². The van der Waals surface area contributed by atoms with E-state index in [2.05, 4.69) is 18.2 Å². The number of hydrogen-bond acceptors (Lipinski definition) is 6. The van der Waals surface area contributed by atoms with Crippen molar-refractivity contribution in [1.29, 1.82) is 0 Å². The fourth-order valence-electron chi connectivity index (χ4n) is 4.98. The Balaban J connectivity index is 1.55. The Bertz CT molecular complexity index is 1530. The Hall–Kier alpha value is -3.49. The minimum Gasteiger partial charge on any atom is -0.479 e. The summed E-state index contributed by atoms with van der Waals surface area (Å²) in [5, 5.41) is 48.1. The first-order valence-corrected chi connectivity index (χ1v) is 10.6. The van der Waals surface area contributed by atoms with Crippen LogP contribution in [0.25, 0.3) is 43.1 Å². The molecule has 0 spiro atoms. The highest BCUT2D eigenvalue weighted by atomic mass is 16.7. The number of carboxylic acids is 1. The number of carboxylic acid groups (broad SMARTS) is 1. The predicted molar refractivity (Wildman–Crippen MR) is 123 cm³/mol. The zero-order chi connectivity index (χ0) is 22.9. The van der Waals surface area contributed by atoms with Crippen LogP contribution in [-0.2, 0) is 9.53 Å². The second kappa shape index (κ2) is 7.26. The fourth-order valence-corrected chi connectivity index (χ4v) is 4.98. The lowest BCUT2D eigenvalue weighted by atomic mass is 9.89. The summed E-state index contributed by atoms with van der Waals surface area (Å²) in [7, 11) is 0. The van der Waals surface area contributed by atoms with Crippen LogP contribution < -0.4 is 4.74 Å². The second-order valence-corrected chi connectivity index (χ2v) is 8.40. The number of aliphatic hydroxyl groups is 3. The molecule has 5 aromatic rings. The molecule has 0 saturated carbocycles. The first-order valence-electron chi connectivity index (χ1n) is 10.6. The molecule has 0 unspecified atom stereocenters. The summed E-state index contributed by atoms with van der Waals surface area (Å²) in [5.74, 6) is -1.08. The standard InChI is InChI=1S/C26H20O7/c27-21-22(28)24(25(30)31)33-26(23(21)29)32-18-11-10-16-14-6-2-1-5-13(14)15-7-3-4-12-8-9-17(18)20(16)19(12)15/h1-11,21-24,26-29H,(H,30,31)/t21-,22-,23+,24-,26+/m0/s1. The first-order chi connectivity index (χ1) is 16.0. The van der Waals surface area contributed by atoms with Gasteiger partial charge in [-0.2, -0.15) is 0 Å². The lowest BCUT2D eigenvalue weighted by molar-refractivity contribution is -0.270. The molecule has 0 aliphatic carbocycles. The van der Waals surface area contributed by atoms with Gasteiger partial charge in [0.15, 0.2) is 6.10 Å². The molecule has 7 heteroatoms. The maximum Gasteiger partial charge on any atom is 0.335 e. The third kappa shape index (κ3) is 2.87. The third-order valence-electron chi connectivity index (χ3n) is 6.55. The maximum absolute atomic E-state index is 11.4. The van der Waals surface area contributed by atoms with Crippen molar-refractivity contribution in [2.75, 3.05) is 0 Å². The van der Waals surface area contributed by atoms with Crippen molar-refractivity contribution in [2.45, 2.75) is 30.7 Å². The number of ether oxygens (including phenoxy) is 2. The van der Waals surface area contributed by atoms with E-state index < -0.39 is 36.7 Å². The molecular weight excluding hydrogens is 424 g/mol. The minimum absolute atomic E-state index is 0.376. The van der Waals surface area contributed by atoms with E-state index in [0.29, 0.717) is 5.75 Å². The van der Waals surface area contributed by atoms with Gasteiger partial charge in [0.2, 0.25) is 6.29 Å². The summed E-state index contributed by atoms with van der Waals surface area (Å²) < 4.78 is 11.3. The number of aliphatic hydroxyl groups excluding tert-OH is 3. The maximum atomic E-state index is 11.4. The van der Waals surface area contributed by atoms with E-state index in [1.807, 2.05) is 42.5 Å². The summed E-state index contributed by atoms with van der Waals surface area (Å²) in [6, 6.07) is 21.9. The average Bonchev–Trinajstić information content (AvgIpc) is 2.83. The Morgan fingerprint density at radius 2 is 1.36 bits per heavy atom. The number of carbonyl (C=O) groups is 1. The van der Waals surface area contributed by atoms with Gasteiger partial charge in [-0.15, -0.1) is 0 Å². The van der Waals surface area contributed by atoms with Crippen molar-refractivity contribution in [1.82, 2.24) is 0 Å². The summed E-state index contributed by atoms with van der Waals surface area (Å²) in [5.41, 5.74) is 0. The van der Waals surface area contributed by atoms with Crippen LogP contribution in [0.3, 0.4) is 0 Å². The van der Waals surface area contributed by atoms with Gasteiger partial charge < -0.3 is 29.9 Å². The summed E-state index contributed by atoms with van der Waals surface area (Å²) in [6.45, 7) is 0. The molecule has 0 amide bonds. The number of fused-ring (bicyclic) bond motifs is 3. The van der Waals surface area contributed by atoms with Crippen molar-refractivity contribution in [3.63, 3.8) is 0 Å². The van der Waals surface area contributed by atoms with E-state index in [9.17, 15) is 25.2 Å². The lowest BCUT2D eigenvalue weighted by Crippen LogP contribution is -2.61. The molecular formula is C26H20O7. The van der Waals surface area contributed by atoms with Crippen LogP contribution in [0.2, 0.25) is 0 Å². The van der Waals surface area contributed by atoms with Gasteiger partial charge in [-0.1, -0.05) is 54.6 Å². The monoisotopic (exact) mass is 444 g/mol. The Kier molecular flexibility index (Phi) is 4.43. The molecule has 0 aromatic heterocycles. The van der Waals surface area contributed by atoms with E-state index in [-0.39, 0.29) is 0 Å². The molecule has 0 bridgehead atoms. The van der Waals surface area contributed by atoms with E-state index >= 15 is 0 Å². The van der Waals surface area contributed by atoms with Gasteiger partial charge in [-0.25, -0.2) is 4.79 Å². The average molecular weight is 444 g/mol. The number of benzene rings is 5. The van der Waals surface area contributed by atoms with Gasteiger partial charge in [-0.3, -0.25) is 0 Å². The summed E-state index contributed by atoms with van der Waals surface area (Å²) in [6.07, 6.45) is -8.33. The topological polar surface area (TPSA) is 116 Å². The molecule has 4 N–H and O–H groups in total. The zero-order valence-corrected chi connectivity index (χ0v) is 17.3. The van der Waals surface area contributed by atoms with Crippen molar-refractivity contribution in [2.24, 2.45) is 0 Å². The van der Waals surface area contributed by atoms with Gasteiger partial charge >= 0.3 is 5.97 Å². The highest BCUT2D eigenvalue weighted by Gasteiger charge is 2.48. The number of aliphatic carboxylic acids is 1. The molecule has 1 aliphatic rings. The van der Waals surface area contributed by atoms with Gasteiger partial charge in [0.25, 0.3) is 0 Å². The Morgan fingerprint density at radius 1 is 0.697 bits per heavy atom. The highest BCUT2D eigenvalue weighted by Crippen LogP contribution is 2.43. The van der Waals surface area contributed by atoms with Crippen LogP contribution in [0.15, 0.2) is 66.7 Å². The van der Waals surface area contributed by atoms with Gasteiger partial charge in [0, 0.05) is 10.8 Å². The summed E-state index contributed by atoms with van der Waals surface area (Å²) >= 11 is 0. The third-order valence-corrected chi connectivity index (χ3v) is 6.55. The fraction of sp³-hybridized carbons (Fsp3) is 0.192. The molecule has 7 nitrogen and oxygen atoms in total. The minimum atomic E-state index is -1.77. The van der Waals surface area contributed by atoms with Gasteiger partial charge in [0.05, 0.1) is 0 Å². The molecule has 5 aromatic carbocycles. The van der Waals surface area contributed by atoms with E-state index in [1.165, 1.54) is 0 Å². The quantitative estimate of drug-likeness (QED) is 0.250. The van der Waals surface area contributed by atoms with Crippen molar-refractivity contribution in [3.8, 4) is 5.75 Å². The molecule has 0 radical (unpaired) electrons. The lowest BCUT2D eigenvalue weighted by Gasteiger charge is -2.38. The molecule has 6 rings (SSSR count). The largest absolute Gasteiger partial charge is 0.479 e. The summed E-state index contributed by atoms with van der Waals surface area (Å²) in [4.78, 5) is 11.4. The Labute approximate surface area is 187 Å². The number of hydrogen-bond donors (Lipinski definition) is 4. The smallest absolute Gasteiger partial charge is 0.335 e. The normalized spacial score (nSPS) is 25.8. The molecule has 1 aliphatic heterocycles. The predicted octanol–water partition coefficient (Wildman–Crippen LogP) is 3.01. The molecule has 5 atom stereocenters. The van der Waals surface area contributed by atoms with Crippen LogP contribution in [0.1, 0.15) is 0 Å². The van der Waals surface area contributed by atoms with Crippen LogP contribution in [0, 0.1) is 0 Å². The molecule has 1 fully saturated rings. The van der Waals surface area contributed by atoms with Crippen molar-refractivity contribution >= 4 is 49.1 Å². The van der Waals surface area contributed by atoms with Crippen LogP contribution in [-0.4, -0.2) is 57.1 Å². The first kappa shape index (κ1) is 20.1. The molecule has 1 saturated heterocycles.